The molecular weight excluding hydrogens is 559 g/mol. The lowest BCUT2D eigenvalue weighted by atomic mass is 10.1. The van der Waals surface area contributed by atoms with Crippen molar-refractivity contribution in [3.63, 3.8) is 0 Å². The highest BCUT2D eigenvalue weighted by Crippen LogP contribution is 2.35. The third kappa shape index (κ3) is 6.65. The van der Waals surface area contributed by atoms with E-state index in [0.29, 0.717) is 11.3 Å². The first kappa shape index (κ1) is 29.2. The molecule has 1 aliphatic rings. The summed E-state index contributed by atoms with van der Waals surface area (Å²) in [6, 6.07) is 4.30. The van der Waals surface area contributed by atoms with E-state index in [2.05, 4.69) is 15.3 Å². The zero-order valence-corrected chi connectivity index (χ0v) is 24.2. The third-order valence-corrected chi connectivity index (χ3v) is 6.62. The van der Waals surface area contributed by atoms with Crippen LogP contribution in [0.3, 0.4) is 0 Å². The number of nitrogens with zero attached hydrogens (tertiary/aromatic N) is 4. The Kier molecular flexibility index (Phi) is 8.27. The molecule has 0 bridgehead atoms. The molecule has 4 rings (SSSR count). The minimum absolute atomic E-state index is 0.128. The molecule has 2 heterocycles. The molecule has 0 spiro atoms. The van der Waals surface area contributed by atoms with Crippen LogP contribution in [0.15, 0.2) is 41.7 Å². The number of carbonyl (C=O) groups is 2. The van der Waals surface area contributed by atoms with Crippen LogP contribution in [0, 0.1) is 0 Å². The molecule has 1 fully saturated rings. The van der Waals surface area contributed by atoms with Crippen LogP contribution in [-0.2, 0) is 4.74 Å². The van der Waals surface area contributed by atoms with Gasteiger partial charge in [0.05, 0.1) is 39.8 Å². The van der Waals surface area contributed by atoms with Crippen LogP contribution in [-0.4, -0.2) is 50.2 Å². The number of ether oxygens (including phenoxy) is 2. The van der Waals surface area contributed by atoms with Gasteiger partial charge in [-0.05, 0) is 52.2 Å². The number of rotatable bonds is 7. The van der Waals surface area contributed by atoms with E-state index in [4.69, 9.17) is 38.4 Å². The first-order chi connectivity index (χ1) is 18.7. The van der Waals surface area contributed by atoms with Crippen molar-refractivity contribution in [1.29, 1.82) is 0 Å². The molecule has 1 saturated carbocycles. The van der Waals surface area contributed by atoms with Gasteiger partial charge >= 0.3 is 6.09 Å². The van der Waals surface area contributed by atoms with E-state index in [-0.39, 0.29) is 33.3 Å². The smallest absolute Gasteiger partial charge is 0.410 e. The SMILES string of the molecule is C[C@@H](c1cncc(NC(=O)c2c(N)ncn(-c3c(Cl)cc(OC4CC4)cc3Cl)c2=O)c1)N(C)C(=O)OC(C)(C)C. The summed E-state index contributed by atoms with van der Waals surface area (Å²) in [5.41, 5.74) is 5.14. The van der Waals surface area contributed by atoms with E-state index >= 15 is 0 Å². The van der Waals surface area contributed by atoms with Gasteiger partial charge in [0.15, 0.2) is 0 Å². The fourth-order valence-electron chi connectivity index (χ4n) is 3.72. The number of hydrogen-bond donors (Lipinski definition) is 2. The number of nitrogens with one attached hydrogen (secondary N) is 1. The minimum atomic E-state index is -0.808. The summed E-state index contributed by atoms with van der Waals surface area (Å²) in [5, 5.41) is 2.92. The van der Waals surface area contributed by atoms with Crippen molar-refractivity contribution in [3.8, 4) is 11.4 Å². The van der Waals surface area contributed by atoms with Crippen LogP contribution in [0.5, 0.6) is 5.75 Å². The molecule has 2 aromatic heterocycles. The van der Waals surface area contributed by atoms with Gasteiger partial charge < -0.3 is 25.4 Å². The first-order valence-electron chi connectivity index (χ1n) is 12.5. The number of nitrogen functional groups attached to an aromatic ring is 1. The Morgan fingerprint density at radius 3 is 2.42 bits per heavy atom. The average Bonchev–Trinajstić information content (AvgIpc) is 3.67. The molecule has 0 aliphatic heterocycles. The Labute approximate surface area is 241 Å². The van der Waals surface area contributed by atoms with Crippen LogP contribution in [0.1, 0.15) is 62.5 Å². The van der Waals surface area contributed by atoms with Crippen LogP contribution >= 0.6 is 23.2 Å². The monoisotopic (exact) mass is 588 g/mol. The van der Waals surface area contributed by atoms with E-state index in [1.54, 1.807) is 59.1 Å². The van der Waals surface area contributed by atoms with Gasteiger partial charge in [0.25, 0.3) is 11.5 Å². The lowest BCUT2D eigenvalue weighted by molar-refractivity contribution is 0.0233. The minimum Gasteiger partial charge on any atom is -0.490 e. The predicted octanol–water partition coefficient (Wildman–Crippen LogP) is 5.24. The van der Waals surface area contributed by atoms with Gasteiger partial charge in [-0.1, -0.05) is 23.2 Å². The molecule has 0 saturated heterocycles. The summed E-state index contributed by atoms with van der Waals surface area (Å²) in [7, 11) is 1.60. The number of halogens is 2. The molecule has 0 radical (unpaired) electrons. The zero-order chi connectivity index (χ0) is 29.4. The molecule has 0 unspecified atom stereocenters. The molecule has 1 atom stereocenters. The Morgan fingerprint density at radius 1 is 1.18 bits per heavy atom. The fourth-order valence-corrected chi connectivity index (χ4v) is 4.37. The highest BCUT2D eigenvalue weighted by molar-refractivity contribution is 6.38. The Bertz CT molecular complexity index is 1490. The summed E-state index contributed by atoms with van der Waals surface area (Å²) < 4.78 is 12.2. The number of nitrogens with two attached hydrogens (primary N) is 1. The number of anilines is 2. The normalized spacial score (nSPS) is 13.9. The lowest BCUT2D eigenvalue weighted by Crippen LogP contribution is -2.35. The highest BCUT2D eigenvalue weighted by Gasteiger charge is 2.27. The van der Waals surface area contributed by atoms with E-state index in [0.717, 1.165) is 23.7 Å². The van der Waals surface area contributed by atoms with E-state index in [1.165, 1.54) is 11.1 Å². The number of amides is 2. The number of pyridine rings is 1. The van der Waals surface area contributed by atoms with Gasteiger partial charge in [-0.2, -0.15) is 0 Å². The number of benzene rings is 1. The van der Waals surface area contributed by atoms with Gasteiger partial charge in [0, 0.05) is 25.4 Å². The maximum atomic E-state index is 13.4. The molecule has 13 heteroatoms. The Morgan fingerprint density at radius 2 is 1.82 bits per heavy atom. The lowest BCUT2D eigenvalue weighted by Gasteiger charge is -2.29. The van der Waals surface area contributed by atoms with E-state index < -0.39 is 34.8 Å². The summed E-state index contributed by atoms with van der Waals surface area (Å²) in [6.07, 6.45) is 5.64. The van der Waals surface area contributed by atoms with Crippen molar-refractivity contribution in [2.75, 3.05) is 18.1 Å². The Hall–Kier alpha value is -3.83. The van der Waals surface area contributed by atoms with Crippen molar-refractivity contribution in [2.45, 2.75) is 58.3 Å². The van der Waals surface area contributed by atoms with Crippen LogP contribution in [0.25, 0.3) is 5.69 Å². The molecule has 2 amide bonds. The number of carbonyl (C=O) groups excluding carboxylic acids is 2. The standard InChI is InChI=1S/C27H30Cl2N6O5/c1-14(34(5)26(38)40-27(2,3)4)15-8-16(12-31-11-15)33-24(36)21-23(30)32-13-35(25(21)37)22-19(28)9-18(10-20(22)29)39-17-6-7-17/h8-14,17H,6-7,30H2,1-5H3,(H,33,36)/t14-/m0/s1. The quantitative estimate of drug-likeness (QED) is 0.381. The topological polar surface area (TPSA) is 142 Å². The second-order valence-electron chi connectivity index (χ2n) is 10.5. The van der Waals surface area contributed by atoms with Crippen molar-refractivity contribution in [1.82, 2.24) is 19.4 Å². The molecule has 3 N–H and O–H groups in total. The molecule has 3 aromatic rings. The van der Waals surface area contributed by atoms with Gasteiger partial charge in [0.1, 0.15) is 29.1 Å². The fraction of sp³-hybridized carbons (Fsp3) is 0.370. The summed E-state index contributed by atoms with van der Waals surface area (Å²) in [4.78, 5) is 48.7. The first-order valence-corrected chi connectivity index (χ1v) is 13.3. The second kappa shape index (κ2) is 11.3. The van der Waals surface area contributed by atoms with Gasteiger partial charge in [-0.15, -0.1) is 0 Å². The van der Waals surface area contributed by atoms with Gasteiger partial charge in [-0.3, -0.25) is 19.1 Å². The van der Waals surface area contributed by atoms with Gasteiger partial charge in [-0.25, -0.2) is 9.78 Å². The number of aromatic nitrogens is 3. The molecule has 1 aromatic carbocycles. The van der Waals surface area contributed by atoms with Gasteiger partial charge in [0.2, 0.25) is 0 Å². The molecule has 212 valence electrons. The highest BCUT2D eigenvalue weighted by atomic mass is 35.5. The summed E-state index contributed by atoms with van der Waals surface area (Å²) in [6.45, 7) is 7.12. The summed E-state index contributed by atoms with van der Waals surface area (Å²) >= 11 is 12.9. The number of hydrogen-bond acceptors (Lipinski definition) is 8. The van der Waals surface area contributed by atoms with Crippen molar-refractivity contribution in [3.05, 3.63) is 68.4 Å². The Balaban J connectivity index is 1.58. The van der Waals surface area contributed by atoms with E-state index in [1.807, 2.05) is 0 Å². The maximum absolute atomic E-state index is 13.4. The second-order valence-corrected chi connectivity index (χ2v) is 11.3. The molecular formula is C27H30Cl2N6O5. The van der Waals surface area contributed by atoms with E-state index in [9.17, 15) is 14.4 Å². The van der Waals surface area contributed by atoms with Crippen molar-refractivity contribution >= 4 is 46.7 Å². The molecule has 1 aliphatic carbocycles. The van der Waals surface area contributed by atoms with Crippen LogP contribution in [0.2, 0.25) is 10.0 Å². The van der Waals surface area contributed by atoms with Crippen molar-refractivity contribution in [2.24, 2.45) is 0 Å². The maximum Gasteiger partial charge on any atom is 0.410 e. The molecule has 40 heavy (non-hydrogen) atoms. The molecule has 11 nitrogen and oxygen atoms in total. The summed E-state index contributed by atoms with van der Waals surface area (Å²) in [5.74, 6) is -0.603. The predicted molar refractivity (Wildman–Crippen MR) is 153 cm³/mol. The largest absolute Gasteiger partial charge is 0.490 e. The van der Waals surface area contributed by atoms with Crippen molar-refractivity contribution < 1.29 is 19.1 Å². The van der Waals surface area contributed by atoms with Crippen LogP contribution < -0.4 is 21.3 Å². The third-order valence-electron chi connectivity index (χ3n) is 6.05. The zero-order valence-electron chi connectivity index (χ0n) is 22.7. The average molecular weight is 589 g/mol. The van der Waals surface area contributed by atoms with Crippen LogP contribution in [0.4, 0.5) is 16.3 Å².